The SMILES string of the molecule is O=C1CCc2c(cccc2C2CCC2)N1. The monoisotopic (exact) mass is 201 g/mol. The Balaban J connectivity index is 2.01. The van der Waals surface area contributed by atoms with E-state index in [0.717, 1.165) is 18.0 Å². The minimum absolute atomic E-state index is 0.160. The molecule has 1 aromatic carbocycles. The van der Waals surface area contributed by atoms with E-state index in [1.54, 1.807) is 0 Å². The quantitative estimate of drug-likeness (QED) is 0.743. The van der Waals surface area contributed by atoms with Gasteiger partial charge in [0.15, 0.2) is 0 Å². The van der Waals surface area contributed by atoms with E-state index in [-0.39, 0.29) is 5.91 Å². The number of nitrogens with one attached hydrogen (secondary N) is 1. The number of hydrogen-bond acceptors (Lipinski definition) is 1. The minimum Gasteiger partial charge on any atom is -0.326 e. The number of anilines is 1. The molecule has 0 atom stereocenters. The van der Waals surface area contributed by atoms with Gasteiger partial charge < -0.3 is 5.32 Å². The fourth-order valence-corrected chi connectivity index (χ4v) is 2.55. The second-order valence-electron chi connectivity index (χ2n) is 4.55. The lowest BCUT2D eigenvalue weighted by Crippen LogP contribution is -2.21. The summed E-state index contributed by atoms with van der Waals surface area (Å²) in [6, 6.07) is 6.33. The second-order valence-corrected chi connectivity index (χ2v) is 4.55. The smallest absolute Gasteiger partial charge is 0.224 e. The molecule has 2 heteroatoms. The average molecular weight is 201 g/mol. The van der Waals surface area contributed by atoms with Crippen LogP contribution in [0.15, 0.2) is 18.2 Å². The first-order valence-corrected chi connectivity index (χ1v) is 5.76. The number of benzene rings is 1. The van der Waals surface area contributed by atoms with Crippen LogP contribution in [0.25, 0.3) is 0 Å². The number of rotatable bonds is 1. The maximum atomic E-state index is 11.3. The summed E-state index contributed by atoms with van der Waals surface area (Å²) in [5.41, 5.74) is 3.93. The summed E-state index contributed by atoms with van der Waals surface area (Å²) in [4.78, 5) is 11.3. The molecule has 78 valence electrons. The van der Waals surface area contributed by atoms with Crippen LogP contribution in [0.3, 0.4) is 0 Å². The molecule has 1 aliphatic heterocycles. The predicted molar refractivity (Wildman–Crippen MR) is 60.0 cm³/mol. The third-order valence-electron chi connectivity index (χ3n) is 3.63. The Kier molecular flexibility index (Phi) is 2.01. The van der Waals surface area contributed by atoms with Crippen LogP contribution in [0.1, 0.15) is 42.7 Å². The molecule has 2 aliphatic rings. The first-order valence-electron chi connectivity index (χ1n) is 5.76. The standard InChI is InChI=1S/C13H15NO/c15-13-8-7-11-10(9-3-1-4-9)5-2-6-12(11)14-13/h2,5-6,9H,1,3-4,7-8H2,(H,14,15). The van der Waals surface area contributed by atoms with Gasteiger partial charge in [0.25, 0.3) is 0 Å². The molecule has 0 unspecified atom stereocenters. The van der Waals surface area contributed by atoms with Crippen LogP contribution >= 0.6 is 0 Å². The molecule has 1 heterocycles. The van der Waals surface area contributed by atoms with E-state index in [1.165, 1.54) is 30.4 Å². The topological polar surface area (TPSA) is 29.1 Å². The number of carbonyl (C=O) groups excluding carboxylic acids is 1. The Morgan fingerprint density at radius 3 is 2.80 bits per heavy atom. The van der Waals surface area contributed by atoms with Crippen molar-refractivity contribution in [3.63, 3.8) is 0 Å². The molecular formula is C13H15NO. The Hall–Kier alpha value is -1.31. The van der Waals surface area contributed by atoms with Crippen molar-refractivity contribution >= 4 is 11.6 Å². The number of fused-ring (bicyclic) bond motifs is 1. The summed E-state index contributed by atoms with van der Waals surface area (Å²) in [7, 11) is 0. The van der Waals surface area contributed by atoms with E-state index in [4.69, 9.17) is 0 Å². The normalized spacial score (nSPS) is 20.4. The zero-order chi connectivity index (χ0) is 10.3. The van der Waals surface area contributed by atoms with E-state index < -0.39 is 0 Å². The molecule has 15 heavy (non-hydrogen) atoms. The third kappa shape index (κ3) is 1.44. The Morgan fingerprint density at radius 2 is 2.07 bits per heavy atom. The fourth-order valence-electron chi connectivity index (χ4n) is 2.55. The zero-order valence-electron chi connectivity index (χ0n) is 8.75. The summed E-state index contributed by atoms with van der Waals surface area (Å²) < 4.78 is 0. The highest BCUT2D eigenvalue weighted by atomic mass is 16.1. The molecule has 3 rings (SSSR count). The van der Waals surface area contributed by atoms with E-state index in [1.807, 2.05) is 6.07 Å². The Bertz CT molecular complexity index is 407. The third-order valence-corrected chi connectivity index (χ3v) is 3.63. The molecule has 0 radical (unpaired) electrons. The van der Waals surface area contributed by atoms with Gasteiger partial charge in [0.2, 0.25) is 5.91 Å². The van der Waals surface area contributed by atoms with Gasteiger partial charge in [0.1, 0.15) is 0 Å². The van der Waals surface area contributed by atoms with Gasteiger partial charge in [-0.05, 0) is 42.4 Å². The fraction of sp³-hybridized carbons (Fsp3) is 0.462. The zero-order valence-corrected chi connectivity index (χ0v) is 8.75. The predicted octanol–water partition coefficient (Wildman–Crippen LogP) is 2.84. The van der Waals surface area contributed by atoms with Gasteiger partial charge in [-0.25, -0.2) is 0 Å². The molecule has 0 spiro atoms. The maximum absolute atomic E-state index is 11.3. The Labute approximate surface area is 89.7 Å². The van der Waals surface area contributed by atoms with Crippen molar-refractivity contribution in [2.24, 2.45) is 0 Å². The average Bonchev–Trinajstić information content (AvgIpc) is 2.15. The largest absolute Gasteiger partial charge is 0.326 e. The second kappa shape index (κ2) is 3.37. The molecule has 2 nitrogen and oxygen atoms in total. The molecule has 1 fully saturated rings. The molecule has 1 saturated carbocycles. The van der Waals surface area contributed by atoms with Crippen molar-refractivity contribution in [1.29, 1.82) is 0 Å². The molecule has 1 amide bonds. The molecule has 0 saturated heterocycles. The van der Waals surface area contributed by atoms with E-state index in [9.17, 15) is 4.79 Å². The lowest BCUT2D eigenvalue weighted by atomic mass is 9.77. The van der Waals surface area contributed by atoms with Gasteiger partial charge in [-0.15, -0.1) is 0 Å². The number of carbonyl (C=O) groups is 1. The molecule has 0 aromatic heterocycles. The number of hydrogen-bond donors (Lipinski definition) is 1. The van der Waals surface area contributed by atoms with Crippen molar-refractivity contribution in [2.45, 2.75) is 38.0 Å². The first-order chi connectivity index (χ1) is 7.34. The van der Waals surface area contributed by atoms with Gasteiger partial charge in [-0.1, -0.05) is 18.6 Å². The lowest BCUT2D eigenvalue weighted by molar-refractivity contribution is -0.116. The highest BCUT2D eigenvalue weighted by molar-refractivity contribution is 5.94. The summed E-state index contributed by atoms with van der Waals surface area (Å²) in [6.07, 6.45) is 5.58. The summed E-state index contributed by atoms with van der Waals surface area (Å²) in [6.45, 7) is 0. The van der Waals surface area contributed by atoms with Gasteiger partial charge in [-0.3, -0.25) is 4.79 Å². The van der Waals surface area contributed by atoms with Crippen LogP contribution < -0.4 is 5.32 Å². The summed E-state index contributed by atoms with van der Waals surface area (Å²) in [5, 5.41) is 2.96. The van der Waals surface area contributed by atoms with Crippen LogP contribution in [0.5, 0.6) is 0 Å². The molecule has 0 bridgehead atoms. The van der Waals surface area contributed by atoms with E-state index in [2.05, 4.69) is 17.4 Å². The lowest BCUT2D eigenvalue weighted by Gasteiger charge is -2.30. The molecule has 1 aliphatic carbocycles. The summed E-state index contributed by atoms with van der Waals surface area (Å²) in [5.74, 6) is 0.920. The van der Waals surface area contributed by atoms with Crippen molar-refractivity contribution < 1.29 is 4.79 Å². The maximum Gasteiger partial charge on any atom is 0.224 e. The van der Waals surface area contributed by atoms with Crippen LogP contribution in [0, 0.1) is 0 Å². The van der Waals surface area contributed by atoms with Crippen LogP contribution in [0.2, 0.25) is 0 Å². The van der Waals surface area contributed by atoms with Gasteiger partial charge in [0.05, 0.1) is 0 Å². The van der Waals surface area contributed by atoms with E-state index in [0.29, 0.717) is 6.42 Å². The van der Waals surface area contributed by atoms with Gasteiger partial charge in [0, 0.05) is 12.1 Å². The molecular weight excluding hydrogens is 186 g/mol. The van der Waals surface area contributed by atoms with E-state index >= 15 is 0 Å². The summed E-state index contributed by atoms with van der Waals surface area (Å²) >= 11 is 0. The van der Waals surface area contributed by atoms with Crippen molar-refractivity contribution in [3.05, 3.63) is 29.3 Å². The first kappa shape index (κ1) is 8.96. The Morgan fingerprint density at radius 1 is 1.20 bits per heavy atom. The van der Waals surface area contributed by atoms with Crippen molar-refractivity contribution in [2.75, 3.05) is 5.32 Å². The van der Waals surface area contributed by atoms with Crippen molar-refractivity contribution in [3.8, 4) is 0 Å². The van der Waals surface area contributed by atoms with Crippen LogP contribution in [-0.2, 0) is 11.2 Å². The highest BCUT2D eigenvalue weighted by Gasteiger charge is 2.25. The van der Waals surface area contributed by atoms with Crippen LogP contribution in [0.4, 0.5) is 5.69 Å². The van der Waals surface area contributed by atoms with Gasteiger partial charge in [-0.2, -0.15) is 0 Å². The van der Waals surface area contributed by atoms with Crippen LogP contribution in [-0.4, -0.2) is 5.91 Å². The molecule has 1 aromatic rings. The van der Waals surface area contributed by atoms with Crippen molar-refractivity contribution in [1.82, 2.24) is 0 Å². The number of amides is 1. The molecule has 1 N–H and O–H groups in total. The highest BCUT2D eigenvalue weighted by Crippen LogP contribution is 2.40. The minimum atomic E-state index is 0.160. The van der Waals surface area contributed by atoms with Gasteiger partial charge >= 0.3 is 0 Å².